The molecule has 0 radical (unpaired) electrons. The van der Waals surface area contributed by atoms with E-state index < -0.39 is 0 Å². The standard InChI is InChI=1S/C14H25BrN/c1-13(2,3)16-11-14(9-12(16)10-15)7-5-4-6-8-14/h11-12H,4-10H2,1-3H3/q+1. The van der Waals surface area contributed by atoms with Gasteiger partial charge in [-0.2, -0.15) is 0 Å². The van der Waals surface area contributed by atoms with E-state index in [0.29, 0.717) is 11.5 Å². The van der Waals surface area contributed by atoms with Gasteiger partial charge in [0.15, 0.2) is 11.6 Å². The Labute approximate surface area is 108 Å². The Morgan fingerprint density at radius 2 is 1.88 bits per heavy atom. The molecule has 0 saturated heterocycles. The zero-order valence-corrected chi connectivity index (χ0v) is 12.5. The van der Waals surface area contributed by atoms with Crippen LogP contribution in [0.4, 0.5) is 0 Å². The summed E-state index contributed by atoms with van der Waals surface area (Å²) in [6.45, 7) is 7.00. The zero-order valence-electron chi connectivity index (χ0n) is 10.9. The normalized spacial score (nSPS) is 29.5. The van der Waals surface area contributed by atoms with Crippen LogP contribution >= 0.6 is 15.9 Å². The van der Waals surface area contributed by atoms with Crippen molar-refractivity contribution in [1.82, 2.24) is 0 Å². The highest BCUT2D eigenvalue weighted by atomic mass is 79.9. The molecule has 0 N–H and O–H groups in total. The molecular formula is C14H25BrN+. The van der Waals surface area contributed by atoms with E-state index in [2.05, 4.69) is 47.5 Å². The lowest BCUT2D eigenvalue weighted by Crippen LogP contribution is -2.38. The molecule has 1 atom stereocenters. The molecule has 1 aliphatic heterocycles. The Balaban J connectivity index is 2.23. The molecule has 1 saturated carbocycles. The summed E-state index contributed by atoms with van der Waals surface area (Å²) in [4.78, 5) is 0. The molecule has 0 aromatic heterocycles. The van der Waals surface area contributed by atoms with Crippen LogP contribution < -0.4 is 0 Å². The number of halogens is 1. The SMILES string of the molecule is CC(C)(C)[N+]1=CC2(CCCCC2)CC1CBr. The summed E-state index contributed by atoms with van der Waals surface area (Å²) in [5.41, 5.74) is 0.823. The summed E-state index contributed by atoms with van der Waals surface area (Å²) in [5, 5.41) is 1.11. The molecule has 0 aromatic carbocycles. The van der Waals surface area contributed by atoms with Gasteiger partial charge in [0, 0.05) is 6.42 Å². The van der Waals surface area contributed by atoms with Crippen molar-refractivity contribution in [1.29, 1.82) is 0 Å². The van der Waals surface area contributed by atoms with Crippen molar-refractivity contribution < 1.29 is 4.58 Å². The van der Waals surface area contributed by atoms with Gasteiger partial charge in [-0.15, -0.1) is 0 Å². The molecule has 1 nitrogen and oxygen atoms in total. The molecule has 0 aromatic rings. The van der Waals surface area contributed by atoms with Gasteiger partial charge in [0.05, 0.1) is 10.7 Å². The van der Waals surface area contributed by atoms with Gasteiger partial charge in [-0.1, -0.05) is 35.2 Å². The Morgan fingerprint density at radius 1 is 1.25 bits per heavy atom. The van der Waals surface area contributed by atoms with E-state index in [-0.39, 0.29) is 5.54 Å². The summed E-state index contributed by atoms with van der Waals surface area (Å²) >= 11 is 3.70. The van der Waals surface area contributed by atoms with Gasteiger partial charge >= 0.3 is 0 Å². The highest BCUT2D eigenvalue weighted by Gasteiger charge is 2.48. The first-order valence-corrected chi connectivity index (χ1v) is 7.79. The molecule has 1 unspecified atom stereocenters. The average molecular weight is 287 g/mol. The molecule has 1 fully saturated rings. The van der Waals surface area contributed by atoms with Crippen LogP contribution in [0.5, 0.6) is 0 Å². The topological polar surface area (TPSA) is 3.01 Å². The third-order valence-corrected chi connectivity index (χ3v) is 5.00. The highest BCUT2D eigenvalue weighted by molar-refractivity contribution is 9.09. The van der Waals surface area contributed by atoms with Crippen molar-refractivity contribution >= 4 is 22.1 Å². The van der Waals surface area contributed by atoms with Crippen molar-refractivity contribution in [3.63, 3.8) is 0 Å². The van der Waals surface area contributed by atoms with E-state index in [1.807, 2.05) is 0 Å². The summed E-state index contributed by atoms with van der Waals surface area (Å²) in [6.07, 6.45) is 11.1. The molecular weight excluding hydrogens is 262 g/mol. The molecule has 2 aliphatic rings. The quantitative estimate of drug-likeness (QED) is 0.507. The number of hydrogen-bond donors (Lipinski definition) is 0. The average Bonchev–Trinajstić information content (AvgIpc) is 2.58. The van der Waals surface area contributed by atoms with E-state index in [1.165, 1.54) is 38.5 Å². The van der Waals surface area contributed by atoms with E-state index >= 15 is 0 Å². The lowest BCUT2D eigenvalue weighted by Gasteiger charge is -2.27. The predicted molar refractivity (Wildman–Crippen MR) is 73.8 cm³/mol. The maximum absolute atomic E-state index is 3.70. The molecule has 0 bridgehead atoms. The molecule has 0 amide bonds. The molecule has 1 heterocycles. The van der Waals surface area contributed by atoms with Crippen LogP contribution in [0.1, 0.15) is 59.3 Å². The summed E-state index contributed by atoms with van der Waals surface area (Å²) < 4.78 is 2.62. The highest BCUT2D eigenvalue weighted by Crippen LogP contribution is 2.43. The minimum Gasteiger partial charge on any atom is -0.231 e. The smallest absolute Gasteiger partial charge is 0.163 e. The number of alkyl halides is 1. The minimum atomic E-state index is 0.277. The maximum atomic E-state index is 3.70. The summed E-state index contributed by atoms with van der Waals surface area (Å²) in [5.74, 6) is 0. The first-order valence-electron chi connectivity index (χ1n) is 6.67. The predicted octanol–water partition coefficient (Wildman–Crippen LogP) is 3.99. The molecule has 16 heavy (non-hydrogen) atoms. The molecule has 2 heteroatoms. The van der Waals surface area contributed by atoms with Crippen LogP contribution in [0.3, 0.4) is 0 Å². The summed E-state index contributed by atoms with van der Waals surface area (Å²) in [6, 6.07) is 0.707. The van der Waals surface area contributed by atoms with Crippen LogP contribution in [-0.2, 0) is 0 Å². The fourth-order valence-corrected chi connectivity index (χ4v) is 4.02. The van der Waals surface area contributed by atoms with Gasteiger partial charge in [-0.25, -0.2) is 4.58 Å². The summed E-state index contributed by atoms with van der Waals surface area (Å²) in [7, 11) is 0. The van der Waals surface area contributed by atoms with Crippen molar-refractivity contribution in [3.8, 4) is 0 Å². The fourth-order valence-electron chi connectivity index (χ4n) is 3.48. The largest absolute Gasteiger partial charge is 0.231 e. The Hall–Kier alpha value is 0.150. The second-order valence-corrected chi connectivity index (χ2v) is 7.29. The number of hydrogen-bond acceptors (Lipinski definition) is 0. The van der Waals surface area contributed by atoms with E-state index in [4.69, 9.17) is 0 Å². The van der Waals surface area contributed by atoms with Crippen LogP contribution in [0, 0.1) is 5.41 Å². The van der Waals surface area contributed by atoms with Gasteiger partial charge in [0.1, 0.15) is 6.21 Å². The van der Waals surface area contributed by atoms with Crippen molar-refractivity contribution in [2.75, 3.05) is 5.33 Å². The fraction of sp³-hybridized carbons (Fsp3) is 0.929. The monoisotopic (exact) mass is 286 g/mol. The molecule has 1 spiro atoms. The lowest BCUT2D eigenvalue weighted by atomic mass is 9.73. The third kappa shape index (κ3) is 2.37. The zero-order chi connectivity index (χ0) is 11.8. The second kappa shape index (κ2) is 4.44. The van der Waals surface area contributed by atoms with Crippen molar-refractivity contribution in [2.45, 2.75) is 70.9 Å². The van der Waals surface area contributed by atoms with Gasteiger partial charge in [-0.3, -0.25) is 0 Å². The third-order valence-electron chi connectivity index (χ3n) is 4.25. The van der Waals surface area contributed by atoms with E-state index in [9.17, 15) is 0 Å². The van der Waals surface area contributed by atoms with Crippen LogP contribution in [0.25, 0.3) is 0 Å². The second-order valence-electron chi connectivity index (χ2n) is 6.64. The van der Waals surface area contributed by atoms with Gasteiger partial charge in [-0.05, 0) is 33.6 Å². The lowest BCUT2D eigenvalue weighted by molar-refractivity contribution is -0.615. The minimum absolute atomic E-state index is 0.277. The van der Waals surface area contributed by atoms with Crippen LogP contribution in [0.2, 0.25) is 0 Å². The first kappa shape index (κ1) is 12.6. The van der Waals surface area contributed by atoms with Gasteiger partial charge in [0.25, 0.3) is 0 Å². The van der Waals surface area contributed by atoms with Crippen molar-refractivity contribution in [2.24, 2.45) is 5.41 Å². The molecule has 1 aliphatic carbocycles. The van der Waals surface area contributed by atoms with E-state index in [0.717, 1.165) is 5.33 Å². The van der Waals surface area contributed by atoms with Crippen LogP contribution in [0.15, 0.2) is 0 Å². The maximum Gasteiger partial charge on any atom is 0.163 e. The molecule has 2 rings (SSSR count). The van der Waals surface area contributed by atoms with Crippen molar-refractivity contribution in [3.05, 3.63) is 0 Å². The Bertz CT molecular complexity index is 282. The Morgan fingerprint density at radius 3 is 2.31 bits per heavy atom. The van der Waals surface area contributed by atoms with Gasteiger partial charge in [0.2, 0.25) is 0 Å². The first-order chi connectivity index (χ1) is 7.47. The Kier molecular flexibility index (Phi) is 3.49. The van der Waals surface area contributed by atoms with Gasteiger partial charge < -0.3 is 0 Å². The van der Waals surface area contributed by atoms with E-state index in [1.54, 1.807) is 0 Å². The molecule has 92 valence electrons. The van der Waals surface area contributed by atoms with Crippen LogP contribution in [-0.4, -0.2) is 27.7 Å². The number of nitrogens with zero attached hydrogens (tertiary/aromatic N) is 1. The number of rotatable bonds is 1.